The first-order valence-corrected chi connectivity index (χ1v) is 32.9. The molecule has 0 aromatic heterocycles. The van der Waals surface area contributed by atoms with Crippen molar-refractivity contribution in [1.29, 1.82) is 0 Å². The van der Waals surface area contributed by atoms with E-state index in [9.17, 15) is 19.2 Å². The van der Waals surface area contributed by atoms with Gasteiger partial charge in [-0.25, -0.2) is 0 Å². The van der Waals surface area contributed by atoms with E-state index in [1.165, 1.54) is 19.3 Å². The second-order valence-corrected chi connectivity index (χ2v) is 37.7. The average molecular weight is 1170 g/mol. The Morgan fingerprint density at radius 1 is 0.519 bits per heavy atom. The summed E-state index contributed by atoms with van der Waals surface area (Å²) in [5.74, 6) is 0.0334. The molecule has 2 fully saturated rings. The van der Waals surface area contributed by atoms with E-state index in [0.717, 1.165) is 59.8 Å². The maximum absolute atomic E-state index is 14.7. The minimum atomic E-state index is -0.778. The topological polar surface area (TPSA) is 168 Å². The molecule has 81 heavy (non-hydrogen) atoms. The van der Waals surface area contributed by atoms with E-state index in [1.54, 1.807) is 0 Å². The number of carbonyl (C=O) groups excluding carboxylic acids is 4. The van der Waals surface area contributed by atoms with Crippen LogP contribution in [0, 0.1) is 37.9 Å². The van der Waals surface area contributed by atoms with Gasteiger partial charge in [-0.1, -0.05) is 191 Å². The maximum atomic E-state index is 14.7. The molecule has 4 amide bonds. The van der Waals surface area contributed by atoms with Crippen LogP contribution >= 0.6 is 21.0 Å². The van der Waals surface area contributed by atoms with Crippen molar-refractivity contribution in [2.24, 2.45) is 49.4 Å². The summed E-state index contributed by atoms with van der Waals surface area (Å²) in [6, 6.07) is 4.81. The van der Waals surface area contributed by atoms with Gasteiger partial charge in [0.25, 0.3) is 0 Å². The van der Waals surface area contributed by atoms with Crippen LogP contribution in [0.25, 0.3) is 0 Å². The molecule has 3 rings (SSSR count). The molecular weight excluding hydrogens is 1040 g/mol. The minimum absolute atomic E-state index is 0.00720. The second-order valence-electron chi connectivity index (χ2n) is 35.3. The van der Waals surface area contributed by atoms with Gasteiger partial charge in [-0.15, -0.1) is 9.24 Å². The zero-order chi connectivity index (χ0) is 63.5. The van der Waals surface area contributed by atoms with Gasteiger partial charge in [0, 0.05) is 68.7 Å². The highest BCUT2D eigenvalue weighted by molar-refractivity contribution is 8.02. The third kappa shape index (κ3) is 22.9. The van der Waals surface area contributed by atoms with E-state index in [-0.39, 0.29) is 50.3 Å². The summed E-state index contributed by atoms with van der Waals surface area (Å²) in [6.07, 6.45) is 11.6. The summed E-state index contributed by atoms with van der Waals surface area (Å²) < 4.78 is 0.241. The molecule has 0 spiro atoms. The highest BCUT2D eigenvalue weighted by Gasteiger charge is 2.47. The quantitative estimate of drug-likeness (QED) is 0.0434. The lowest BCUT2D eigenvalue weighted by Crippen LogP contribution is -2.48. The number of nitrogens with two attached hydrogens (primary N) is 2. The molecule has 1 saturated carbocycles. The number of amides is 4. The number of carbonyl (C=O) groups is 4. The predicted molar refractivity (Wildman–Crippen MR) is 354 cm³/mol. The first-order valence-electron chi connectivity index (χ1n) is 31.2. The van der Waals surface area contributed by atoms with Crippen LogP contribution in [0.5, 0.6) is 0 Å². The fraction of sp³-hybridized carbons (Fsp3) is 0.855. The second kappa shape index (κ2) is 26.4. The maximum Gasteiger partial charge on any atom is 0.225 e. The van der Waals surface area contributed by atoms with Crippen molar-refractivity contribution in [2.75, 3.05) is 25.9 Å². The van der Waals surface area contributed by atoms with Gasteiger partial charge in [-0.3, -0.25) is 19.2 Å². The third-order valence-corrected chi connectivity index (χ3v) is 19.5. The molecule has 470 valence electrons. The minimum Gasteiger partial charge on any atom is -0.355 e. The molecule has 2 aliphatic rings. The monoisotopic (exact) mass is 1170 g/mol. The van der Waals surface area contributed by atoms with Crippen LogP contribution in [0.1, 0.15) is 293 Å². The number of hydrogen-bond donors (Lipinski definition) is 6. The standard InChI is InChI=1S/C63H117N6O4PS.C6H12/c1-27-28-63(26,38-61(22,23)65)40-68-49(72)58(16,17)36-54(8,9)45-30-44(53(6,7)35-57(14,15)48(71)67-39-51(2,3)33-60(20,21)64)43(29-46(45)55(10,11)37-59(18,19)50(73)69-41-74)52(4,5)34-56(12,13)47(70)66-32-42-31-62(24,25)75-42;1-6(2)4-3-5-6/h29-30,42H,27-28,31-41,64-65,74H2,1-26H3,(H,66,70)(H,67,71)(H,68,72)(H,69,73);3-5H2,1-2H3. The van der Waals surface area contributed by atoms with E-state index in [2.05, 4.69) is 209 Å². The van der Waals surface area contributed by atoms with Crippen LogP contribution in [-0.2, 0) is 40.8 Å². The SMILES string of the molecule is CC1(C)CCC1.CCCC(C)(CNC(=O)C(C)(C)CC(C)(C)c1cc(C(C)(C)CC(C)(C)C(=O)NCC(C)(C)CC(C)(C)N)c(C(C)(C)CC(C)(C)C(=O)NCC2CC(C)(C)S2)cc1C(C)(C)CC(C)(C)C(=O)NCP)CC(C)(C)N. The Labute approximate surface area is 505 Å². The Hall–Kier alpha value is -2.20. The molecule has 1 saturated heterocycles. The summed E-state index contributed by atoms with van der Waals surface area (Å²) in [5, 5.41) is 13.6. The fourth-order valence-corrected chi connectivity index (χ4v) is 16.8. The van der Waals surface area contributed by atoms with E-state index < -0.39 is 43.3 Å². The molecule has 0 bridgehead atoms. The molecule has 8 N–H and O–H groups in total. The molecule has 1 aliphatic heterocycles. The molecule has 10 nitrogen and oxygen atoms in total. The lowest BCUT2D eigenvalue weighted by Gasteiger charge is -2.46. The number of benzene rings is 1. The highest BCUT2D eigenvalue weighted by atomic mass is 32.2. The summed E-state index contributed by atoms with van der Waals surface area (Å²) in [7, 11) is 2.61. The summed E-state index contributed by atoms with van der Waals surface area (Å²) in [4.78, 5) is 57.4. The Morgan fingerprint density at radius 2 is 0.827 bits per heavy atom. The van der Waals surface area contributed by atoms with Gasteiger partial charge in [0.1, 0.15) is 0 Å². The van der Waals surface area contributed by atoms with E-state index in [4.69, 9.17) is 11.5 Å². The fourth-order valence-electron chi connectivity index (χ4n) is 15.1. The number of rotatable bonds is 29. The van der Waals surface area contributed by atoms with Gasteiger partial charge in [0.15, 0.2) is 0 Å². The number of hydrogen-bond acceptors (Lipinski definition) is 7. The molecule has 1 aromatic carbocycles. The number of nitrogens with one attached hydrogen (secondary N) is 4. The van der Waals surface area contributed by atoms with Gasteiger partial charge in [-0.05, 0) is 152 Å². The third-order valence-electron chi connectivity index (χ3n) is 17.8. The van der Waals surface area contributed by atoms with Crippen LogP contribution in [-0.4, -0.2) is 70.6 Å². The summed E-state index contributed by atoms with van der Waals surface area (Å²) in [5.41, 5.74) is 11.9. The zero-order valence-corrected chi connectivity index (χ0v) is 59.8. The van der Waals surface area contributed by atoms with Crippen molar-refractivity contribution in [1.82, 2.24) is 21.3 Å². The van der Waals surface area contributed by atoms with Gasteiger partial charge < -0.3 is 32.7 Å². The Balaban J connectivity index is 0.00000348. The smallest absolute Gasteiger partial charge is 0.225 e. The van der Waals surface area contributed by atoms with Gasteiger partial charge in [0.05, 0.1) is 0 Å². The van der Waals surface area contributed by atoms with Crippen molar-refractivity contribution < 1.29 is 19.2 Å². The van der Waals surface area contributed by atoms with Crippen molar-refractivity contribution in [3.63, 3.8) is 0 Å². The molecule has 1 aliphatic carbocycles. The van der Waals surface area contributed by atoms with Gasteiger partial charge in [0.2, 0.25) is 23.6 Å². The lowest BCUT2D eigenvalue weighted by molar-refractivity contribution is -0.131. The first kappa shape index (κ1) is 74.9. The van der Waals surface area contributed by atoms with Crippen LogP contribution in [0.15, 0.2) is 12.1 Å². The molecule has 1 aromatic rings. The largest absolute Gasteiger partial charge is 0.355 e. The predicted octanol–water partition coefficient (Wildman–Crippen LogP) is 15.3. The van der Waals surface area contributed by atoms with Crippen molar-refractivity contribution in [3.8, 4) is 0 Å². The summed E-state index contributed by atoms with van der Waals surface area (Å²) in [6.45, 7) is 62.3. The van der Waals surface area contributed by atoms with Crippen LogP contribution < -0.4 is 32.7 Å². The number of thioether (sulfide) groups is 1. The molecule has 3 atom stereocenters. The summed E-state index contributed by atoms with van der Waals surface area (Å²) >= 11 is 1.94. The zero-order valence-electron chi connectivity index (χ0n) is 57.8. The van der Waals surface area contributed by atoms with Crippen molar-refractivity contribution in [2.45, 2.75) is 314 Å². The Morgan fingerprint density at radius 3 is 1.10 bits per heavy atom. The molecule has 0 radical (unpaired) electrons. The lowest BCUT2D eigenvalue weighted by atomic mass is 9.59. The van der Waals surface area contributed by atoms with Crippen LogP contribution in [0.3, 0.4) is 0 Å². The average Bonchev–Trinajstić information content (AvgIpc) is 3.22. The molecular formula is C69H129N6O4PS. The molecule has 12 heteroatoms. The van der Waals surface area contributed by atoms with Crippen molar-refractivity contribution >= 4 is 44.6 Å². The van der Waals surface area contributed by atoms with Gasteiger partial charge in [-0.2, -0.15) is 11.8 Å². The van der Waals surface area contributed by atoms with E-state index in [1.807, 2.05) is 39.5 Å². The first-order chi connectivity index (χ1) is 35.9. The highest BCUT2D eigenvalue weighted by Crippen LogP contribution is 2.52. The Bertz CT molecular complexity index is 2290. The normalized spacial score (nSPS) is 18.3. The van der Waals surface area contributed by atoms with E-state index >= 15 is 0 Å². The van der Waals surface area contributed by atoms with Crippen LogP contribution in [0.2, 0.25) is 0 Å². The van der Waals surface area contributed by atoms with E-state index in [0.29, 0.717) is 56.9 Å². The van der Waals surface area contributed by atoms with Gasteiger partial charge >= 0.3 is 0 Å². The molecule has 1 heterocycles. The molecule has 3 unspecified atom stereocenters. The Kier molecular flexibility index (Phi) is 24.4. The van der Waals surface area contributed by atoms with Crippen molar-refractivity contribution in [3.05, 3.63) is 34.4 Å². The van der Waals surface area contributed by atoms with Crippen LogP contribution in [0.4, 0.5) is 0 Å².